The summed E-state index contributed by atoms with van der Waals surface area (Å²) in [5.74, 6) is 0. The molecular weight excluding hydrogens is 278 g/mol. The molecule has 0 aliphatic rings. The van der Waals surface area contributed by atoms with E-state index in [9.17, 15) is 13.5 Å². The van der Waals surface area contributed by atoms with Gasteiger partial charge in [-0.1, -0.05) is 0 Å². The van der Waals surface area contributed by atoms with Gasteiger partial charge in [-0.2, -0.15) is 0 Å². The van der Waals surface area contributed by atoms with Crippen LogP contribution in [0.3, 0.4) is 0 Å². The maximum absolute atomic E-state index is 12.5. The van der Waals surface area contributed by atoms with Crippen LogP contribution in [0, 0.1) is 0 Å². The number of aromatic nitrogens is 1. The molecule has 7 heteroatoms. The predicted molar refractivity (Wildman–Crippen MR) is 78.8 cm³/mol. The van der Waals surface area contributed by atoms with Crippen LogP contribution in [0.15, 0.2) is 29.3 Å². The largest absolute Gasteiger partial charge is 0.399 e. The van der Waals surface area contributed by atoms with Gasteiger partial charge in [0.05, 0.1) is 11.6 Å². The maximum atomic E-state index is 12.5. The van der Waals surface area contributed by atoms with E-state index in [2.05, 4.69) is 9.71 Å². The van der Waals surface area contributed by atoms with E-state index in [0.29, 0.717) is 16.6 Å². The Hall–Kier alpha value is -1.57. The molecule has 0 aliphatic carbocycles. The molecule has 1 atom stereocenters. The molecule has 1 unspecified atom stereocenters. The molecule has 2 aromatic rings. The SMILES string of the molecule is CC(O)C(C)(C)NS(=O)(=O)c1c[nH]c2ccc(N)cc12. The van der Waals surface area contributed by atoms with Gasteiger partial charge in [0.1, 0.15) is 4.90 Å². The number of hydrogen-bond donors (Lipinski definition) is 4. The van der Waals surface area contributed by atoms with Crippen LogP contribution in [0.5, 0.6) is 0 Å². The van der Waals surface area contributed by atoms with Crippen LogP contribution in [0.1, 0.15) is 20.8 Å². The third-order valence-electron chi connectivity index (χ3n) is 3.40. The number of fused-ring (bicyclic) bond motifs is 1. The number of nitrogens with two attached hydrogens (primary N) is 1. The van der Waals surface area contributed by atoms with Crippen LogP contribution in [-0.4, -0.2) is 30.2 Å². The van der Waals surface area contributed by atoms with Crippen molar-refractivity contribution in [2.24, 2.45) is 0 Å². The molecule has 0 bridgehead atoms. The number of aliphatic hydroxyl groups excluding tert-OH is 1. The highest BCUT2D eigenvalue weighted by molar-refractivity contribution is 7.89. The van der Waals surface area contributed by atoms with Crippen molar-refractivity contribution < 1.29 is 13.5 Å². The van der Waals surface area contributed by atoms with Crippen LogP contribution >= 0.6 is 0 Å². The zero-order valence-electron chi connectivity index (χ0n) is 11.6. The second kappa shape index (κ2) is 4.76. The summed E-state index contributed by atoms with van der Waals surface area (Å²) in [6.45, 7) is 4.78. The third kappa shape index (κ3) is 2.65. The molecule has 1 aromatic carbocycles. The lowest BCUT2D eigenvalue weighted by Gasteiger charge is -2.28. The standard InChI is InChI=1S/C13H19N3O3S/c1-8(17)13(2,3)16-20(18,19)12-7-15-11-5-4-9(14)6-10(11)12/h4-8,15-17H,14H2,1-3H3. The van der Waals surface area contributed by atoms with E-state index >= 15 is 0 Å². The number of nitrogen functional groups attached to an aromatic ring is 1. The van der Waals surface area contributed by atoms with Crippen LogP contribution in [0.2, 0.25) is 0 Å². The van der Waals surface area contributed by atoms with E-state index in [1.807, 2.05) is 0 Å². The number of nitrogens with one attached hydrogen (secondary N) is 2. The van der Waals surface area contributed by atoms with Gasteiger partial charge >= 0.3 is 0 Å². The number of aromatic amines is 1. The summed E-state index contributed by atoms with van der Waals surface area (Å²) in [5, 5.41) is 10.2. The lowest BCUT2D eigenvalue weighted by Crippen LogP contribution is -2.50. The summed E-state index contributed by atoms with van der Waals surface area (Å²) in [7, 11) is -3.76. The summed E-state index contributed by atoms with van der Waals surface area (Å²) in [5.41, 5.74) is 5.91. The molecule has 2 rings (SSSR count). The van der Waals surface area contributed by atoms with Crippen molar-refractivity contribution in [3.05, 3.63) is 24.4 Å². The normalized spacial score (nSPS) is 14.6. The number of rotatable bonds is 4. The maximum Gasteiger partial charge on any atom is 0.243 e. The molecule has 0 radical (unpaired) electrons. The highest BCUT2D eigenvalue weighted by Gasteiger charge is 2.31. The molecular formula is C13H19N3O3S. The average Bonchev–Trinajstić information content (AvgIpc) is 2.70. The lowest BCUT2D eigenvalue weighted by atomic mass is 10.0. The molecule has 0 saturated heterocycles. The number of aliphatic hydroxyl groups is 1. The Morgan fingerprint density at radius 3 is 2.65 bits per heavy atom. The van der Waals surface area contributed by atoms with Crippen molar-refractivity contribution in [2.75, 3.05) is 5.73 Å². The summed E-state index contributed by atoms with van der Waals surface area (Å²) >= 11 is 0. The van der Waals surface area contributed by atoms with Crippen LogP contribution in [-0.2, 0) is 10.0 Å². The molecule has 1 heterocycles. The molecule has 110 valence electrons. The summed E-state index contributed by atoms with van der Waals surface area (Å²) in [4.78, 5) is 3.02. The third-order valence-corrected chi connectivity index (χ3v) is 5.11. The molecule has 0 saturated carbocycles. The average molecular weight is 297 g/mol. The smallest absolute Gasteiger partial charge is 0.243 e. The Kier molecular flexibility index (Phi) is 3.53. The van der Waals surface area contributed by atoms with Crippen molar-refractivity contribution in [3.63, 3.8) is 0 Å². The monoisotopic (exact) mass is 297 g/mol. The molecule has 20 heavy (non-hydrogen) atoms. The van der Waals surface area contributed by atoms with Crippen LogP contribution in [0.4, 0.5) is 5.69 Å². The fourth-order valence-electron chi connectivity index (χ4n) is 1.82. The molecule has 0 aliphatic heterocycles. The summed E-state index contributed by atoms with van der Waals surface area (Å²) < 4.78 is 27.4. The fourth-order valence-corrected chi connectivity index (χ4v) is 3.47. The minimum atomic E-state index is -3.76. The van der Waals surface area contributed by atoms with Crippen molar-refractivity contribution in [3.8, 4) is 0 Å². The van der Waals surface area contributed by atoms with E-state index in [0.717, 1.165) is 0 Å². The van der Waals surface area contributed by atoms with Crippen molar-refractivity contribution >= 4 is 26.6 Å². The fraction of sp³-hybridized carbons (Fsp3) is 0.385. The van der Waals surface area contributed by atoms with Gasteiger partial charge in [-0.05, 0) is 39.0 Å². The Balaban J connectivity index is 2.50. The van der Waals surface area contributed by atoms with E-state index in [1.165, 1.54) is 13.1 Å². The minimum Gasteiger partial charge on any atom is -0.399 e. The van der Waals surface area contributed by atoms with Crippen molar-refractivity contribution in [1.82, 2.24) is 9.71 Å². The zero-order chi connectivity index (χ0) is 15.1. The highest BCUT2D eigenvalue weighted by Crippen LogP contribution is 2.26. The van der Waals surface area contributed by atoms with Gasteiger partial charge in [0.2, 0.25) is 10.0 Å². The predicted octanol–water partition coefficient (Wildman–Crippen LogP) is 1.19. The number of benzene rings is 1. The molecule has 0 spiro atoms. The van der Waals surface area contributed by atoms with E-state index in [4.69, 9.17) is 5.73 Å². The quantitative estimate of drug-likeness (QED) is 0.636. The Morgan fingerprint density at radius 1 is 1.40 bits per heavy atom. The summed E-state index contributed by atoms with van der Waals surface area (Å²) in [6, 6.07) is 5.03. The second-order valence-electron chi connectivity index (χ2n) is 5.46. The zero-order valence-corrected chi connectivity index (χ0v) is 12.5. The van der Waals surface area contributed by atoms with E-state index in [-0.39, 0.29) is 4.90 Å². The Labute approximate surface area is 118 Å². The molecule has 0 amide bonds. The van der Waals surface area contributed by atoms with Gasteiger partial charge in [-0.25, -0.2) is 13.1 Å². The van der Waals surface area contributed by atoms with Gasteiger partial charge in [-0.15, -0.1) is 0 Å². The number of H-pyrrole nitrogens is 1. The lowest BCUT2D eigenvalue weighted by molar-refractivity contribution is 0.111. The first kappa shape index (κ1) is 14.8. The highest BCUT2D eigenvalue weighted by atomic mass is 32.2. The first-order chi connectivity index (χ1) is 9.13. The molecule has 5 N–H and O–H groups in total. The first-order valence-electron chi connectivity index (χ1n) is 6.22. The Bertz CT molecular complexity index is 732. The number of hydrogen-bond acceptors (Lipinski definition) is 4. The minimum absolute atomic E-state index is 0.119. The topological polar surface area (TPSA) is 108 Å². The van der Waals surface area contributed by atoms with Crippen molar-refractivity contribution in [2.45, 2.75) is 37.3 Å². The summed E-state index contributed by atoms with van der Waals surface area (Å²) in [6.07, 6.45) is 0.595. The van der Waals surface area contributed by atoms with Gasteiger partial charge in [0.15, 0.2) is 0 Å². The van der Waals surface area contributed by atoms with E-state index in [1.54, 1.807) is 32.0 Å². The van der Waals surface area contributed by atoms with Gasteiger partial charge < -0.3 is 15.8 Å². The number of anilines is 1. The number of sulfonamides is 1. The van der Waals surface area contributed by atoms with Gasteiger partial charge in [0, 0.05) is 22.8 Å². The van der Waals surface area contributed by atoms with E-state index < -0.39 is 21.7 Å². The molecule has 0 fully saturated rings. The van der Waals surface area contributed by atoms with Crippen molar-refractivity contribution in [1.29, 1.82) is 0 Å². The van der Waals surface area contributed by atoms with Crippen LogP contribution in [0.25, 0.3) is 10.9 Å². The molecule has 6 nitrogen and oxygen atoms in total. The molecule has 1 aromatic heterocycles. The van der Waals surface area contributed by atoms with Crippen LogP contribution < -0.4 is 10.5 Å². The van der Waals surface area contributed by atoms with Gasteiger partial charge in [-0.3, -0.25) is 0 Å². The Morgan fingerprint density at radius 2 is 2.05 bits per heavy atom. The van der Waals surface area contributed by atoms with Gasteiger partial charge in [0.25, 0.3) is 0 Å². The first-order valence-corrected chi connectivity index (χ1v) is 7.70. The second-order valence-corrected chi connectivity index (χ2v) is 7.11.